The van der Waals surface area contributed by atoms with Gasteiger partial charge in [0, 0.05) is 12.3 Å². The molecule has 38 heavy (non-hydrogen) atoms. The average Bonchev–Trinajstić information content (AvgIpc) is 3.16. The normalized spacial score (nSPS) is 47.1. The molecule has 0 aromatic rings. The number of carbonyl (C=O) groups is 1. The van der Waals surface area contributed by atoms with Crippen LogP contribution in [0.25, 0.3) is 0 Å². The summed E-state index contributed by atoms with van der Waals surface area (Å²) in [6.45, 7) is 11.3. The predicted octanol–water partition coefficient (Wildman–Crippen LogP) is 7.87. The van der Waals surface area contributed by atoms with E-state index in [1.807, 2.05) is 0 Å². The number of hydrogen-bond acceptors (Lipinski definition) is 3. The first-order valence-corrected chi connectivity index (χ1v) is 15.5. The summed E-state index contributed by atoms with van der Waals surface area (Å²) in [6, 6.07) is 0. The Morgan fingerprint density at radius 1 is 0.895 bits per heavy atom. The topological polar surface area (TPSA) is 57.5 Å². The van der Waals surface area contributed by atoms with Crippen LogP contribution in [-0.4, -0.2) is 33.4 Å². The number of rotatable bonds is 4. The Hall–Kier alpha value is -0.620. The van der Waals surface area contributed by atoms with Gasteiger partial charge in [0.1, 0.15) is 5.78 Å². The van der Waals surface area contributed by atoms with Crippen molar-refractivity contribution in [3.8, 4) is 0 Å². The van der Waals surface area contributed by atoms with Crippen LogP contribution >= 0.6 is 0 Å². The number of halogens is 3. The van der Waals surface area contributed by atoms with Gasteiger partial charge in [0.25, 0.3) is 0 Å². The minimum atomic E-state index is -4.61. The zero-order valence-electron chi connectivity index (χ0n) is 24.3. The molecule has 0 saturated heterocycles. The zero-order valence-corrected chi connectivity index (χ0v) is 24.3. The fourth-order valence-corrected chi connectivity index (χ4v) is 10.6. The van der Waals surface area contributed by atoms with E-state index in [2.05, 4.69) is 34.6 Å². The van der Waals surface area contributed by atoms with Crippen LogP contribution in [0.1, 0.15) is 125 Å². The van der Waals surface area contributed by atoms with E-state index in [0.717, 1.165) is 57.8 Å². The minimum absolute atomic E-state index is 0.0561. The molecular formula is C32H51F3O3. The lowest BCUT2D eigenvalue weighted by Gasteiger charge is -2.61. The quantitative estimate of drug-likeness (QED) is 0.382. The Kier molecular flexibility index (Phi) is 6.99. The third-order valence-corrected chi connectivity index (χ3v) is 13.3. The first-order chi connectivity index (χ1) is 17.4. The second kappa shape index (κ2) is 9.19. The van der Waals surface area contributed by atoms with Gasteiger partial charge in [-0.1, -0.05) is 34.6 Å². The van der Waals surface area contributed by atoms with Crippen molar-refractivity contribution in [2.24, 2.45) is 51.8 Å². The molecular weight excluding hydrogens is 489 g/mol. The molecule has 0 unspecified atom stereocenters. The van der Waals surface area contributed by atoms with Crippen LogP contribution in [0.4, 0.5) is 13.2 Å². The van der Waals surface area contributed by atoms with Gasteiger partial charge < -0.3 is 10.2 Å². The summed E-state index contributed by atoms with van der Waals surface area (Å²) in [5.74, 6) is 1.43. The summed E-state index contributed by atoms with van der Waals surface area (Å²) in [5, 5.41) is 21.7. The molecule has 5 saturated carbocycles. The Labute approximate surface area is 227 Å². The number of Topliss-reactive ketones (excluding diaryl/α,β-unsaturated/α-hetero) is 1. The van der Waals surface area contributed by atoms with Crippen molar-refractivity contribution in [3.63, 3.8) is 0 Å². The van der Waals surface area contributed by atoms with Crippen molar-refractivity contribution in [2.75, 3.05) is 0 Å². The van der Waals surface area contributed by atoms with E-state index in [1.165, 1.54) is 0 Å². The van der Waals surface area contributed by atoms with E-state index >= 15 is 0 Å². The smallest absolute Gasteiger partial charge is 0.390 e. The highest BCUT2D eigenvalue weighted by Gasteiger charge is 2.67. The van der Waals surface area contributed by atoms with Crippen molar-refractivity contribution in [1.29, 1.82) is 0 Å². The summed E-state index contributed by atoms with van der Waals surface area (Å²) in [5.41, 5.74) is -3.34. The fourth-order valence-electron chi connectivity index (χ4n) is 10.6. The second-order valence-electron chi connectivity index (χ2n) is 16.0. The third kappa shape index (κ3) is 4.60. The summed E-state index contributed by atoms with van der Waals surface area (Å²) < 4.78 is 41.0. The number of carbonyl (C=O) groups excluding carboxylic acids is 1. The Morgan fingerprint density at radius 3 is 2.18 bits per heavy atom. The zero-order chi connectivity index (χ0) is 27.9. The molecule has 0 bridgehead atoms. The molecule has 2 N–H and O–H groups in total. The minimum Gasteiger partial charge on any atom is -0.390 e. The number of fused-ring (bicyclic) bond motifs is 5. The van der Waals surface area contributed by atoms with Gasteiger partial charge in [0.2, 0.25) is 0 Å². The van der Waals surface area contributed by atoms with Crippen molar-refractivity contribution >= 4 is 5.78 Å². The van der Waals surface area contributed by atoms with E-state index in [9.17, 15) is 28.2 Å². The van der Waals surface area contributed by atoms with Gasteiger partial charge in [-0.2, -0.15) is 13.2 Å². The largest absolute Gasteiger partial charge is 0.417 e. The second-order valence-corrected chi connectivity index (χ2v) is 16.0. The predicted molar refractivity (Wildman–Crippen MR) is 142 cm³/mol. The highest BCUT2D eigenvalue weighted by atomic mass is 19.4. The highest BCUT2D eigenvalue weighted by molar-refractivity contribution is 5.84. The maximum Gasteiger partial charge on any atom is 0.417 e. The Morgan fingerprint density at radius 2 is 1.55 bits per heavy atom. The molecule has 3 nitrogen and oxygen atoms in total. The average molecular weight is 541 g/mol. The molecule has 218 valence electrons. The molecule has 0 aromatic carbocycles. The molecule has 5 fully saturated rings. The summed E-state index contributed by atoms with van der Waals surface area (Å²) in [6.07, 6.45) is 5.07. The molecule has 0 amide bonds. The van der Waals surface area contributed by atoms with Gasteiger partial charge in [-0.15, -0.1) is 0 Å². The van der Waals surface area contributed by atoms with E-state index in [-0.39, 0.29) is 48.2 Å². The third-order valence-electron chi connectivity index (χ3n) is 13.3. The molecule has 0 spiro atoms. The number of ketones is 1. The Bertz CT molecular complexity index is 919. The number of aliphatic hydroxyl groups is 2. The van der Waals surface area contributed by atoms with Crippen molar-refractivity contribution in [2.45, 2.75) is 142 Å². The molecule has 9 atom stereocenters. The lowest BCUT2D eigenvalue weighted by Crippen LogP contribution is -2.61. The summed E-state index contributed by atoms with van der Waals surface area (Å²) in [4.78, 5) is 14.0. The van der Waals surface area contributed by atoms with Crippen LogP contribution in [0, 0.1) is 51.8 Å². The first kappa shape index (κ1) is 28.9. The standard InChI is InChI=1S/C32H51F3O3/c1-20(10-11-30(37)15-12-27(2,3)13-16-30)23-8-9-24-22-7-6-21-18-31(38,32(33,34)35)17-14-28(21,4)26(22)25(36)19-29(23,24)5/h20-24,26,37-38H,6-19H2,1-5H3/t20-,21-,22+,23-,24+,26-,28+,29-,31+/m1/s1. The van der Waals surface area contributed by atoms with E-state index in [4.69, 9.17) is 0 Å². The molecule has 6 heteroatoms. The van der Waals surface area contributed by atoms with Crippen LogP contribution in [0.2, 0.25) is 0 Å². The highest BCUT2D eigenvalue weighted by Crippen LogP contribution is 2.68. The van der Waals surface area contributed by atoms with Crippen molar-refractivity contribution in [3.05, 3.63) is 0 Å². The summed E-state index contributed by atoms with van der Waals surface area (Å²) >= 11 is 0. The van der Waals surface area contributed by atoms with Gasteiger partial charge in [0.15, 0.2) is 5.60 Å². The molecule has 0 radical (unpaired) electrons. The number of alkyl halides is 3. The maximum atomic E-state index is 14.0. The fraction of sp³-hybridized carbons (Fsp3) is 0.969. The Balaban J connectivity index is 1.28. The summed E-state index contributed by atoms with van der Waals surface area (Å²) in [7, 11) is 0. The van der Waals surface area contributed by atoms with Gasteiger partial charge in [0.05, 0.1) is 5.60 Å². The van der Waals surface area contributed by atoms with E-state index < -0.39 is 22.8 Å². The number of hydrogen-bond donors (Lipinski definition) is 2. The lowest BCUT2D eigenvalue weighted by atomic mass is 9.43. The SMILES string of the molecule is C[C@H](CCC1(O)CCC(C)(C)CC1)[C@H]1CC[C@H]2[C@@H]3CC[C@@H]4C[C@](O)(C(F)(F)F)CC[C@]4(C)[C@H]3C(=O)C[C@]12C. The molecule has 5 rings (SSSR count). The van der Waals surface area contributed by atoms with E-state index in [0.29, 0.717) is 36.0 Å². The van der Waals surface area contributed by atoms with Gasteiger partial charge >= 0.3 is 6.18 Å². The van der Waals surface area contributed by atoms with Gasteiger partial charge in [-0.25, -0.2) is 0 Å². The first-order valence-electron chi connectivity index (χ1n) is 15.5. The lowest BCUT2D eigenvalue weighted by molar-refractivity contribution is -0.288. The van der Waals surface area contributed by atoms with Crippen LogP contribution in [0.15, 0.2) is 0 Å². The molecule has 5 aliphatic carbocycles. The molecule has 0 aliphatic heterocycles. The van der Waals surface area contributed by atoms with Gasteiger partial charge in [-0.05, 0) is 129 Å². The molecule has 0 heterocycles. The van der Waals surface area contributed by atoms with Crippen LogP contribution < -0.4 is 0 Å². The van der Waals surface area contributed by atoms with Crippen LogP contribution in [-0.2, 0) is 4.79 Å². The monoisotopic (exact) mass is 540 g/mol. The van der Waals surface area contributed by atoms with Crippen LogP contribution in [0.3, 0.4) is 0 Å². The van der Waals surface area contributed by atoms with Gasteiger partial charge in [-0.3, -0.25) is 4.79 Å². The van der Waals surface area contributed by atoms with E-state index in [1.54, 1.807) is 0 Å². The van der Waals surface area contributed by atoms with Crippen molar-refractivity contribution in [1.82, 2.24) is 0 Å². The molecule has 0 aromatic heterocycles. The maximum absolute atomic E-state index is 14.0. The molecule has 5 aliphatic rings. The van der Waals surface area contributed by atoms with Crippen LogP contribution in [0.5, 0.6) is 0 Å². The van der Waals surface area contributed by atoms with Crippen molar-refractivity contribution < 1.29 is 28.2 Å².